The molecule has 0 aliphatic rings. The number of hydrogen-bond donors (Lipinski definition) is 1. The van der Waals surface area contributed by atoms with Crippen molar-refractivity contribution in [2.75, 3.05) is 20.3 Å². The summed E-state index contributed by atoms with van der Waals surface area (Å²) < 4.78 is 31.8. The third kappa shape index (κ3) is 3.09. The van der Waals surface area contributed by atoms with Crippen LogP contribution < -0.4 is 4.72 Å². The second-order valence-electron chi connectivity index (χ2n) is 4.31. The maximum Gasteiger partial charge on any atom is 0.242 e. The van der Waals surface area contributed by atoms with E-state index in [1.807, 2.05) is 13.0 Å². The Bertz CT molecular complexity index is 732. The van der Waals surface area contributed by atoms with Crippen molar-refractivity contribution in [1.29, 1.82) is 0 Å². The van der Waals surface area contributed by atoms with Crippen LogP contribution in [0.15, 0.2) is 29.2 Å². The smallest absolute Gasteiger partial charge is 0.242 e. The van der Waals surface area contributed by atoms with Crippen molar-refractivity contribution in [3.05, 3.63) is 35.0 Å². The summed E-state index contributed by atoms with van der Waals surface area (Å²) in [5.74, 6) is 0. The molecule has 0 aliphatic heterocycles. The van der Waals surface area contributed by atoms with Gasteiger partial charge in [-0.05, 0) is 24.6 Å². The van der Waals surface area contributed by atoms with Crippen LogP contribution in [-0.4, -0.2) is 33.7 Å². The quantitative estimate of drug-likeness (QED) is 0.678. The van der Waals surface area contributed by atoms with Crippen LogP contribution in [0.1, 0.15) is 5.56 Å². The van der Waals surface area contributed by atoms with E-state index in [9.17, 15) is 8.42 Å². The molecule has 5 nitrogen and oxygen atoms in total. The van der Waals surface area contributed by atoms with Gasteiger partial charge in [-0.1, -0.05) is 23.7 Å². The highest BCUT2D eigenvalue weighted by atomic mass is 35.5. The fourth-order valence-electron chi connectivity index (χ4n) is 1.83. The van der Waals surface area contributed by atoms with Crippen LogP contribution in [0.5, 0.6) is 0 Å². The van der Waals surface area contributed by atoms with Gasteiger partial charge >= 0.3 is 0 Å². The summed E-state index contributed by atoms with van der Waals surface area (Å²) in [4.78, 5) is 4.30. The van der Waals surface area contributed by atoms with E-state index in [1.54, 1.807) is 12.1 Å². The monoisotopic (exact) mass is 314 g/mol. The highest BCUT2D eigenvalue weighted by Gasteiger charge is 2.18. The number of fused-ring (bicyclic) bond motifs is 1. The zero-order valence-corrected chi connectivity index (χ0v) is 12.8. The number of nitrogens with one attached hydrogen (secondary N) is 1. The first-order chi connectivity index (χ1) is 9.45. The van der Waals surface area contributed by atoms with Crippen LogP contribution in [0.2, 0.25) is 5.15 Å². The largest absolute Gasteiger partial charge is 0.383 e. The number of methoxy groups -OCH3 is 1. The number of rotatable bonds is 5. The van der Waals surface area contributed by atoms with Gasteiger partial charge in [-0.15, -0.1) is 0 Å². The molecule has 0 bridgehead atoms. The molecule has 0 fully saturated rings. The normalized spacial score (nSPS) is 11.9. The molecule has 7 heteroatoms. The number of aryl methyl sites for hydroxylation is 1. The number of benzene rings is 1. The van der Waals surface area contributed by atoms with Crippen LogP contribution in [0.4, 0.5) is 0 Å². The molecule has 1 N–H and O–H groups in total. The Labute approximate surface area is 123 Å². The second-order valence-corrected chi connectivity index (χ2v) is 6.41. The van der Waals surface area contributed by atoms with Crippen LogP contribution in [0.25, 0.3) is 10.9 Å². The first-order valence-electron chi connectivity index (χ1n) is 6.00. The number of para-hydroxylation sites is 1. The third-order valence-electron chi connectivity index (χ3n) is 2.83. The van der Waals surface area contributed by atoms with Gasteiger partial charge in [0.1, 0.15) is 10.0 Å². The van der Waals surface area contributed by atoms with E-state index in [4.69, 9.17) is 16.3 Å². The van der Waals surface area contributed by atoms with Crippen molar-refractivity contribution in [1.82, 2.24) is 9.71 Å². The van der Waals surface area contributed by atoms with Gasteiger partial charge in [0.05, 0.1) is 12.1 Å². The van der Waals surface area contributed by atoms with Crippen LogP contribution in [-0.2, 0) is 14.8 Å². The van der Waals surface area contributed by atoms with Gasteiger partial charge in [0, 0.05) is 19.0 Å². The number of sulfonamides is 1. The summed E-state index contributed by atoms with van der Waals surface area (Å²) in [7, 11) is -2.13. The average Bonchev–Trinajstić information content (AvgIpc) is 2.39. The number of pyridine rings is 1. The molecule has 0 saturated heterocycles. The minimum atomic E-state index is -3.64. The standard InChI is InChI=1S/C13H15ClN2O3S/c1-9-8-10-4-3-5-11(12(10)16-13(9)14)20(17,18)15-6-7-19-2/h3-5,8,15H,6-7H2,1-2H3. The summed E-state index contributed by atoms with van der Waals surface area (Å²) >= 11 is 5.99. The topological polar surface area (TPSA) is 68.3 Å². The molecule has 0 amide bonds. The Hall–Kier alpha value is -1.21. The van der Waals surface area contributed by atoms with Gasteiger partial charge in [0.15, 0.2) is 0 Å². The maximum atomic E-state index is 12.3. The minimum absolute atomic E-state index is 0.119. The van der Waals surface area contributed by atoms with Crippen molar-refractivity contribution < 1.29 is 13.2 Å². The molecule has 20 heavy (non-hydrogen) atoms. The van der Waals surface area contributed by atoms with E-state index in [-0.39, 0.29) is 11.4 Å². The van der Waals surface area contributed by atoms with E-state index in [1.165, 1.54) is 13.2 Å². The molecular formula is C13H15ClN2O3S. The lowest BCUT2D eigenvalue weighted by atomic mass is 10.2. The highest BCUT2D eigenvalue weighted by Crippen LogP contribution is 2.25. The van der Waals surface area contributed by atoms with Crippen LogP contribution in [0, 0.1) is 6.92 Å². The Balaban J connectivity index is 2.51. The summed E-state index contributed by atoms with van der Waals surface area (Å²) in [6, 6.07) is 6.82. The fourth-order valence-corrected chi connectivity index (χ4v) is 3.15. The summed E-state index contributed by atoms with van der Waals surface area (Å²) in [5.41, 5.74) is 1.18. The Kier molecular flexibility index (Phi) is 4.59. The molecule has 0 radical (unpaired) electrons. The van der Waals surface area contributed by atoms with E-state index < -0.39 is 10.0 Å². The molecule has 1 aromatic carbocycles. The lowest BCUT2D eigenvalue weighted by molar-refractivity contribution is 0.204. The summed E-state index contributed by atoms with van der Waals surface area (Å²) in [6.07, 6.45) is 0. The SMILES string of the molecule is COCCNS(=O)(=O)c1cccc2cc(C)c(Cl)nc12. The fraction of sp³-hybridized carbons (Fsp3) is 0.308. The zero-order chi connectivity index (χ0) is 14.8. The Morgan fingerprint density at radius 2 is 2.15 bits per heavy atom. The molecule has 108 valence electrons. The van der Waals surface area contributed by atoms with Crippen molar-refractivity contribution in [2.45, 2.75) is 11.8 Å². The Morgan fingerprint density at radius 3 is 2.85 bits per heavy atom. The predicted octanol–water partition coefficient (Wildman–Crippen LogP) is 2.12. The van der Waals surface area contributed by atoms with E-state index >= 15 is 0 Å². The maximum absolute atomic E-state index is 12.3. The Morgan fingerprint density at radius 1 is 1.40 bits per heavy atom. The molecule has 0 unspecified atom stereocenters. The number of hydrogen-bond acceptors (Lipinski definition) is 4. The molecule has 2 aromatic rings. The van der Waals surface area contributed by atoms with Gasteiger partial charge in [0.2, 0.25) is 10.0 Å². The average molecular weight is 315 g/mol. The lowest BCUT2D eigenvalue weighted by Gasteiger charge is -2.09. The number of ether oxygens (including phenoxy) is 1. The van der Waals surface area contributed by atoms with Gasteiger partial charge in [-0.25, -0.2) is 18.1 Å². The first kappa shape index (κ1) is 15.2. The molecule has 2 rings (SSSR count). The van der Waals surface area contributed by atoms with Gasteiger partial charge in [0.25, 0.3) is 0 Å². The molecular weight excluding hydrogens is 300 g/mol. The summed E-state index contributed by atoms with van der Waals surface area (Å²) in [6.45, 7) is 2.33. The predicted molar refractivity (Wildman–Crippen MR) is 78.6 cm³/mol. The van der Waals surface area contributed by atoms with E-state index in [0.717, 1.165) is 10.9 Å². The first-order valence-corrected chi connectivity index (χ1v) is 7.86. The van der Waals surface area contributed by atoms with Gasteiger partial charge in [-0.3, -0.25) is 0 Å². The summed E-state index contributed by atoms with van der Waals surface area (Å²) in [5, 5.41) is 1.04. The zero-order valence-electron chi connectivity index (χ0n) is 11.2. The highest BCUT2D eigenvalue weighted by molar-refractivity contribution is 7.89. The molecule has 1 heterocycles. The van der Waals surface area contributed by atoms with Gasteiger partial charge in [-0.2, -0.15) is 0 Å². The molecule has 0 atom stereocenters. The number of nitrogens with zero attached hydrogens (tertiary/aromatic N) is 1. The van der Waals surface area contributed by atoms with Crippen LogP contribution in [0.3, 0.4) is 0 Å². The van der Waals surface area contributed by atoms with Crippen molar-refractivity contribution in [3.8, 4) is 0 Å². The molecule has 0 saturated carbocycles. The third-order valence-corrected chi connectivity index (χ3v) is 4.70. The molecule has 0 spiro atoms. The van der Waals surface area contributed by atoms with Crippen molar-refractivity contribution in [3.63, 3.8) is 0 Å². The lowest BCUT2D eigenvalue weighted by Crippen LogP contribution is -2.27. The molecule has 1 aromatic heterocycles. The van der Waals surface area contributed by atoms with Crippen molar-refractivity contribution >= 4 is 32.5 Å². The minimum Gasteiger partial charge on any atom is -0.383 e. The number of halogens is 1. The van der Waals surface area contributed by atoms with Gasteiger partial charge < -0.3 is 4.74 Å². The van der Waals surface area contributed by atoms with Crippen molar-refractivity contribution in [2.24, 2.45) is 0 Å². The van der Waals surface area contributed by atoms with Crippen LogP contribution >= 0.6 is 11.6 Å². The number of aromatic nitrogens is 1. The second kappa shape index (κ2) is 6.05. The molecule has 0 aliphatic carbocycles. The van der Waals surface area contributed by atoms with E-state index in [2.05, 4.69) is 9.71 Å². The van der Waals surface area contributed by atoms with E-state index in [0.29, 0.717) is 17.3 Å².